The highest BCUT2D eigenvalue weighted by atomic mass is 16.7. The maximum Gasteiger partial charge on any atom is 0.331 e. The number of hydrogen-bond donors (Lipinski definition) is 1. The molecule has 2 aliphatic rings. The maximum absolute atomic E-state index is 13.0. The fourth-order valence-electron chi connectivity index (χ4n) is 4.34. The number of amides is 2. The molecule has 2 aromatic rings. The molecule has 0 atom stereocenters. The zero-order valence-electron chi connectivity index (χ0n) is 19.5. The summed E-state index contributed by atoms with van der Waals surface area (Å²) >= 11 is 0. The van der Waals surface area contributed by atoms with Gasteiger partial charge in [-0.05, 0) is 55.1 Å². The number of anilines is 1. The molecule has 8 nitrogen and oxygen atoms in total. The molecule has 4 rings (SSSR count). The Kier molecular flexibility index (Phi) is 7.69. The van der Waals surface area contributed by atoms with E-state index in [9.17, 15) is 14.4 Å². The summed E-state index contributed by atoms with van der Waals surface area (Å²) in [6.07, 6.45) is 2.70. The van der Waals surface area contributed by atoms with Gasteiger partial charge in [0, 0.05) is 50.8 Å². The number of rotatable bonds is 7. The molecular formula is C26H30N4O4. The molecule has 0 saturated carbocycles. The Balaban J connectivity index is 1.27. The van der Waals surface area contributed by atoms with E-state index in [0.717, 1.165) is 48.6 Å². The number of oxime groups is 1. The van der Waals surface area contributed by atoms with E-state index in [1.807, 2.05) is 47.4 Å². The van der Waals surface area contributed by atoms with Crippen molar-refractivity contribution in [3.63, 3.8) is 0 Å². The Morgan fingerprint density at radius 2 is 1.76 bits per heavy atom. The number of nitrogens with zero attached hydrogens (tertiary/aromatic N) is 3. The molecule has 2 aromatic carbocycles. The van der Waals surface area contributed by atoms with Gasteiger partial charge in [-0.1, -0.05) is 35.5 Å². The van der Waals surface area contributed by atoms with Gasteiger partial charge in [-0.2, -0.15) is 0 Å². The first kappa shape index (κ1) is 23.6. The molecule has 2 aliphatic heterocycles. The van der Waals surface area contributed by atoms with Crippen LogP contribution in [0.1, 0.15) is 47.7 Å². The van der Waals surface area contributed by atoms with Crippen molar-refractivity contribution >= 4 is 29.2 Å². The normalized spacial score (nSPS) is 16.6. The first-order valence-corrected chi connectivity index (χ1v) is 11.7. The minimum absolute atomic E-state index is 0.0243. The van der Waals surface area contributed by atoms with Crippen LogP contribution in [0.15, 0.2) is 53.7 Å². The third kappa shape index (κ3) is 6.08. The second-order valence-electron chi connectivity index (χ2n) is 8.64. The predicted molar refractivity (Wildman–Crippen MR) is 130 cm³/mol. The smallest absolute Gasteiger partial charge is 0.331 e. The fourth-order valence-corrected chi connectivity index (χ4v) is 4.34. The number of aryl methyl sites for hydroxylation is 1. The third-order valence-corrected chi connectivity index (χ3v) is 6.19. The first-order chi connectivity index (χ1) is 16.5. The van der Waals surface area contributed by atoms with Gasteiger partial charge >= 0.3 is 5.97 Å². The minimum Gasteiger partial charge on any atom is -0.336 e. The molecule has 34 heavy (non-hydrogen) atoms. The Hall–Kier alpha value is -3.52. The predicted octanol–water partition coefficient (Wildman–Crippen LogP) is 3.08. The van der Waals surface area contributed by atoms with Crippen LogP contribution in [0.3, 0.4) is 0 Å². The molecule has 0 aromatic heterocycles. The largest absolute Gasteiger partial charge is 0.336 e. The van der Waals surface area contributed by atoms with Crippen LogP contribution in [0.2, 0.25) is 0 Å². The summed E-state index contributed by atoms with van der Waals surface area (Å²) in [5.41, 5.74) is 4.22. The number of hydrogen-bond acceptors (Lipinski definition) is 6. The average molecular weight is 463 g/mol. The van der Waals surface area contributed by atoms with Crippen LogP contribution in [0.25, 0.3) is 0 Å². The molecule has 1 saturated heterocycles. The topological polar surface area (TPSA) is 91.3 Å². The van der Waals surface area contributed by atoms with Crippen molar-refractivity contribution in [2.75, 3.05) is 38.0 Å². The van der Waals surface area contributed by atoms with Crippen molar-refractivity contribution in [1.29, 1.82) is 0 Å². The SMILES string of the molecule is CC(=O)O/N=C(\CCCN1CCN(C(=O)c2ccc3c(c2)CCC(=O)N3)CC1)c1ccccc1. The van der Waals surface area contributed by atoms with Gasteiger partial charge in [0.1, 0.15) is 0 Å². The standard InChI is InChI=1S/C26H30N4O4/c1-19(31)34-28-24(20-6-3-2-4-7-20)8-5-13-29-14-16-30(17-15-29)26(33)22-9-11-23-21(18-22)10-12-25(32)27-23/h2-4,6-7,9,11,18H,5,8,10,12-17H2,1H3,(H,27,32)/b28-24+. The van der Waals surface area contributed by atoms with Crippen LogP contribution in [0.5, 0.6) is 0 Å². The molecule has 0 aliphatic carbocycles. The van der Waals surface area contributed by atoms with Gasteiger partial charge in [0.15, 0.2) is 0 Å². The van der Waals surface area contributed by atoms with Crippen molar-refractivity contribution in [3.05, 3.63) is 65.2 Å². The highest BCUT2D eigenvalue weighted by molar-refractivity contribution is 6.00. The molecule has 1 fully saturated rings. The van der Waals surface area contributed by atoms with Crippen LogP contribution in [0.4, 0.5) is 5.69 Å². The molecule has 1 N–H and O–H groups in total. The van der Waals surface area contributed by atoms with Gasteiger partial charge in [0.25, 0.3) is 5.91 Å². The Morgan fingerprint density at radius 1 is 1.00 bits per heavy atom. The van der Waals surface area contributed by atoms with Crippen LogP contribution in [-0.4, -0.2) is 66.0 Å². The van der Waals surface area contributed by atoms with Crippen LogP contribution >= 0.6 is 0 Å². The second-order valence-corrected chi connectivity index (χ2v) is 8.64. The lowest BCUT2D eigenvalue weighted by Crippen LogP contribution is -2.48. The van der Waals surface area contributed by atoms with Crippen molar-refractivity contribution in [1.82, 2.24) is 9.80 Å². The van der Waals surface area contributed by atoms with Gasteiger partial charge in [-0.3, -0.25) is 14.5 Å². The highest BCUT2D eigenvalue weighted by Gasteiger charge is 2.23. The fraction of sp³-hybridized carbons (Fsp3) is 0.385. The summed E-state index contributed by atoms with van der Waals surface area (Å²) < 4.78 is 0. The molecule has 2 amide bonds. The van der Waals surface area contributed by atoms with Gasteiger partial charge in [0.05, 0.1) is 5.71 Å². The van der Waals surface area contributed by atoms with Crippen LogP contribution in [0, 0.1) is 0 Å². The number of piperazine rings is 1. The minimum atomic E-state index is -0.433. The van der Waals surface area contributed by atoms with Crippen molar-refractivity contribution < 1.29 is 19.2 Å². The van der Waals surface area contributed by atoms with E-state index in [4.69, 9.17) is 4.84 Å². The molecule has 8 heteroatoms. The zero-order chi connectivity index (χ0) is 23.9. The van der Waals surface area contributed by atoms with Crippen LogP contribution < -0.4 is 5.32 Å². The van der Waals surface area contributed by atoms with Gasteiger partial charge < -0.3 is 15.1 Å². The Labute approximate surface area is 199 Å². The number of nitrogens with one attached hydrogen (secondary N) is 1. The molecule has 0 unspecified atom stereocenters. The molecule has 2 heterocycles. The second kappa shape index (κ2) is 11.1. The van der Waals surface area contributed by atoms with Crippen molar-refractivity contribution in [2.45, 2.75) is 32.6 Å². The van der Waals surface area contributed by atoms with Gasteiger partial charge in [0.2, 0.25) is 5.91 Å². The van der Waals surface area contributed by atoms with E-state index in [0.29, 0.717) is 37.9 Å². The maximum atomic E-state index is 13.0. The quantitative estimate of drug-likeness (QED) is 0.388. The van der Waals surface area contributed by atoms with E-state index in [1.165, 1.54) is 6.92 Å². The van der Waals surface area contributed by atoms with Crippen molar-refractivity contribution in [2.24, 2.45) is 5.16 Å². The summed E-state index contributed by atoms with van der Waals surface area (Å²) in [7, 11) is 0. The Morgan fingerprint density at radius 3 is 2.50 bits per heavy atom. The van der Waals surface area contributed by atoms with E-state index >= 15 is 0 Å². The highest BCUT2D eigenvalue weighted by Crippen LogP contribution is 2.24. The summed E-state index contributed by atoms with van der Waals surface area (Å²) in [5.74, 6) is -0.367. The number of fused-ring (bicyclic) bond motifs is 1. The number of carbonyl (C=O) groups is 3. The summed E-state index contributed by atoms with van der Waals surface area (Å²) in [6, 6.07) is 15.3. The summed E-state index contributed by atoms with van der Waals surface area (Å²) in [6.45, 7) is 5.21. The zero-order valence-corrected chi connectivity index (χ0v) is 19.5. The first-order valence-electron chi connectivity index (χ1n) is 11.7. The molecular weight excluding hydrogens is 432 g/mol. The average Bonchev–Trinajstić information content (AvgIpc) is 2.86. The summed E-state index contributed by atoms with van der Waals surface area (Å²) in [4.78, 5) is 44.9. The third-order valence-electron chi connectivity index (χ3n) is 6.19. The van der Waals surface area contributed by atoms with E-state index in [-0.39, 0.29) is 11.8 Å². The molecule has 0 spiro atoms. The number of carbonyl (C=O) groups excluding carboxylic acids is 3. The molecule has 0 radical (unpaired) electrons. The van der Waals surface area contributed by atoms with Gasteiger partial charge in [-0.25, -0.2) is 4.79 Å². The lowest BCUT2D eigenvalue weighted by atomic mass is 10.00. The van der Waals surface area contributed by atoms with E-state index in [1.54, 1.807) is 6.07 Å². The van der Waals surface area contributed by atoms with E-state index in [2.05, 4.69) is 15.4 Å². The van der Waals surface area contributed by atoms with E-state index < -0.39 is 5.97 Å². The lowest BCUT2D eigenvalue weighted by Gasteiger charge is -2.35. The summed E-state index contributed by atoms with van der Waals surface area (Å²) in [5, 5.41) is 6.91. The number of benzene rings is 2. The monoisotopic (exact) mass is 462 g/mol. The van der Waals surface area contributed by atoms with Crippen LogP contribution in [-0.2, 0) is 20.8 Å². The van der Waals surface area contributed by atoms with Crippen molar-refractivity contribution in [3.8, 4) is 0 Å². The Bertz CT molecular complexity index is 1080. The van der Waals surface area contributed by atoms with Gasteiger partial charge in [-0.15, -0.1) is 0 Å². The molecule has 178 valence electrons. The lowest BCUT2D eigenvalue weighted by molar-refractivity contribution is -0.140. The molecule has 0 bridgehead atoms.